The van der Waals surface area contributed by atoms with E-state index in [-0.39, 0.29) is 24.0 Å². The highest BCUT2D eigenvalue weighted by molar-refractivity contribution is 7.89. The monoisotopic (exact) mass is 574 g/mol. The smallest absolute Gasteiger partial charge is 0.328 e. The van der Waals surface area contributed by atoms with E-state index in [9.17, 15) is 18.0 Å². The molecule has 1 fully saturated rings. The number of hydrogen-bond acceptors (Lipinski definition) is 9. The second-order valence-corrected chi connectivity index (χ2v) is 12.7. The number of methoxy groups -OCH3 is 2. The minimum atomic E-state index is -3.79. The second-order valence-electron chi connectivity index (χ2n) is 9.68. The van der Waals surface area contributed by atoms with Gasteiger partial charge in [0.15, 0.2) is 5.13 Å². The summed E-state index contributed by atoms with van der Waals surface area (Å²) < 4.78 is 38.0. The highest BCUT2D eigenvalue weighted by atomic mass is 32.2. The zero-order valence-corrected chi connectivity index (χ0v) is 23.8. The lowest BCUT2D eigenvalue weighted by Gasteiger charge is -2.25. The normalized spacial score (nSPS) is 18.8. The second kappa shape index (κ2) is 10.3. The molecule has 3 amide bonds. The van der Waals surface area contributed by atoms with Crippen LogP contribution in [0.5, 0.6) is 5.88 Å². The van der Waals surface area contributed by atoms with Crippen molar-refractivity contribution in [2.75, 3.05) is 64.3 Å². The Morgan fingerprint density at radius 3 is 2.67 bits per heavy atom. The number of pyridine rings is 1. The van der Waals surface area contributed by atoms with Crippen LogP contribution in [0.3, 0.4) is 0 Å². The van der Waals surface area contributed by atoms with Crippen LogP contribution in [0.15, 0.2) is 35.2 Å². The number of rotatable bonds is 7. The lowest BCUT2D eigenvalue weighted by Crippen LogP contribution is -2.41. The number of amides is 3. The maximum atomic E-state index is 13.6. The van der Waals surface area contributed by atoms with Crippen molar-refractivity contribution in [1.29, 1.82) is 0 Å². The molecule has 39 heavy (non-hydrogen) atoms. The van der Waals surface area contributed by atoms with Gasteiger partial charge in [-0.05, 0) is 36.2 Å². The molecule has 3 aromatic rings. The Labute approximate surface area is 230 Å². The van der Waals surface area contributed by atoms with Crippen LogP contribution in [-0.4, -0.2) is 93.6 Å². The predicted molar refractivity (Wildman–Crippen MR) is 147 cm³/mol. The van der Waals surface area contributed by atoms with E-state index in [1.54, 1.807) is 34.1 Å². The zero-order chi connectivity index (χ0) is 27.9. The van der Waals surface area contributed by atoms with E-state index in [1.807, 2.05) is 0 Å². The first-order valence-corrected chi connectivity index (χ1v) is 14.6. The molecule has 1 spiro atoms. The number of thiazole rings is 1. The van der Waals surface area contributed by atoms with E-state index in [4.69, 9.17) is 9.47 Å². The van der Waals surface area contributed by atoms with Crippen LogP contribution in [0.1, 0.15) is 18.9 Å². The van der Waals surface area contributed by atoms with Gasteiger partial charge in [-0.15, -0.1) is 0 Å². The van der Waals surface area contributed by atoms with Gasteiger partial charge in [0, 0.05) is 64.4 Å². The number of carbonyl (C=O) groups is 2. The number of aromatic nitrogens is 2. The van der Waals surface area contributed by atoms with Crippen molar-refractivity contribution in [2.24, 2.45) is 0 Å². The largest absolute Gasteiger partial charge is 0.481 e. The summed E-state index contributed by atoms with van der Waals surface area (Å²) in [5.41, 5.74) is 1.39. The molecule has 12 nitrogen and oxygen atoms in total. The summed E-state index contributed by atoms with van der Waals surface area (Å²) in [6.45, 7) is 3.21. The van der Waals surface area contributed by atoms with Gasteiger partial charge >= 0.3 is 6.03 Å². The van der Waals surface area contributed by atoms with Crippen molar-refractivity contribution in [3.8, 4) is 5.88 Å². The molecule has 0 aliphatic carbocycles. The summed E-state index contributed by atoms with van der Waals surface area (Å²) >= 11 is 1.23. The lowest BCUT2D eigenvalue weighted by atomic mass is 9.81. The van der Waals surface area contributed by atoms with E-state index < -0.39 is 21.5 Å². The number of nitrogens with one attached hydrogen (secondary N) is 1. The van der Waals surface area contributed by atoms with Gasteiger partial charge in [-0.2, -0.15) is 4.31 Å². The maximum Gasteiger partial charge on any atom is 0.328 e. The van der Waals surface area contributed by atoms with Crippen LogP contribution in [0, 0.1) is 0 Å². The number of urea groups is 1. The molecular weight excluding hydrogens is 544 g/mol. The Kier molecular flexibility index (Phi) is 7.22. The Morgan fingerprint density at radius 1 is 1.18 bits per heavy atom. The van der Waals surface area contributed by atoms with Gasteiger partial charge in [-0.3, -0.25) is 15.0 Å². The molecule has 1 atom stereocenters. The number of fused-ring (bicyclic) bond motifs is 3. The molecule has 4 heterocycles. The van der Waals surface area contributed by atoms with Crippen LogP contribution in [0.2, 0.25) is 0 Å². The van der Waals surface area contributed by atoms with Crippen molar-refractivity contribution in [3.63, 3.8) is 0 Å². The fraction of sp³-hybridized carbons (Fsp3) is 0.440. The Morgan fingerprint density at radius 2 is 1.97 bits per heavy atom. The van der Waals surface area contributed by atoms with Crippen LogP contribution < -0.4 is 15.0 Å². The summed E-state index contributed by atoms with van der Waals surface area (Å²) in [6.07, 6.45) is 0.608. The van der Waals surface area contributed by atoms with Crippen molar-refractivity contribution in [2.45, 2.75) is 23.7 Å². The number of likely N-dealkylation sites (tertiary alicyclic amines) is 1. The molecule has 1 N–H and O–H groups in total. The third-order valence-electron chi connectivity index (χ3n) is 7.31. The number of hydrogen-bond donors (Lipinski definition) is 1. The first-order valence-electron chi connectivity index (χ1n) is 12.3. The van der Waals surface area contributed by atoms with Crippen molar-refractivity contribution >= 4 is 54.5 Å². The average molecular weight is 575 g/mol. The van der Waals surface area contributed by atoms with Gasteiger partial charge in [0.25, 0.3) is 0 Å². The third-order valence-corrected chi connectivity index (χ3v) is 10.0. The summed E-state index contributed by atoms with van der Waals surface area (Å²) in [6, 6.07) is 7.91. The number of anilines is 2. The molecule has 14 heteroatoms. The minimum absolute atomic E-state index is 0.0585. The standard InChI is InChI=1S/C25H30N6O6S2/c1-16(32)30-10-9-25(14-30)15-31(24(33)28-23-26-19-6-8-21(37-4)27-22(19)38-23)20-7-5-17(13-18(20)25)39(34,35)29(2)11-12-36-3/h5-8,13H,9-12,14-15H2,1-4H3,(H,26,28,33). The highest BCUT2D eigenvalue weighted by Crippen LogP contribution is 2.47. The summed E-state index contributed by atoms with van der Waals surface area (Å²) in [7, 11) is 0.766. The van der Waals surface area contributed by atoms with Crippen LogP contribution in [0.25, 0.3) is 10.3 Å². The first kappa shape index (κ1) is 27.2. The molecule has 0 bridgehead atoms. The van der Waals surface area contributed by atoms with E-state index in [0.717, 1.165) is 5.56 Å². The molecule has 2 aliphatic heterocycles. The number of carbonyl (C=O) groups excluding carboxylic acids is 2. The van der Waals surface area contributed by atoms with Gasteiger partial charge in [-0.1, -0.05) is 11.3 Å². The van der Waals surface area contributed by atoms with Gasteiger partial charge in [0.05, 0.1) is 18.6 Å². The summed E-state index contributed by atoms with van der Waals surface area (Å²) in [5, 5.41) is 3.25. The first-order chi connectivity index (χ1) is 18.6. The molecule has 2 aromatic heterocycles. The molecule has 1 aromatic carbocycles. The number of likely N-dealkylation sites (N-methyl/N-ethyl adjacent to an activating group) is 1. The number of sulfonamides is 1. The van der Waals surface area contributed by atoms with E-state index in [0.29, 0.717) is 53.1 Å². The predicted octanol–water partition coefficient (Wildman–Crippen LogP) is 2.51. The molecule has 2 aliphatic rings. The summed E-state index contributed by atoms with van der Waals surface area (Å²) in [4.78, 5) is 38.7. The Hall–Kier alpha value is -3.33. The van der Waals surface area contributed by atoms with Gasteiger partial charge in [0.2, 0.25) is 21.8 Å². The van der Waals surface area contributed by atoms with Crippen LogP contribution >= 0.6 is 11.3 Å². The highest BCUT2D eigenvalue weighted by Gasteiger charge is 2.50. The zero-order valence-electron chi connectivity index (χ0n) is 22.1. The average Bonchev–Trinajstić information content (AvgIpc) is 3.62. The SMILES string of the molecule is COCCN(C)S(=O)(=O)c1ccc2c(c1)C1(CCN(C(C)=O)C1)CN2C(=O)Nc1nc2ccc(OC)nc2s1. The number of benzene rings is 1. The lowest BCUT2D eigenvalue weighted by molar-refractivity contribution is -0.127. The number of ether oxygens (including phenoxy) is 2. The van der Waals surface area contributed by atoms with E-state index in [2.05, 4.69) is 15.3 Å². The minimum Gasteiger partial charge on any atom is -0.481 e. The van der Waals surface area contributed by atoms with Crippen LogP contribution in [0.4, 0.5) is 15.6 Å². The molecule has 208 valence electrons. The molecule has 0 saturated carbocycles. The van der Waals surface area contributed by atoms with Crippen LogP contribution in [-0.2, 0) is 25.0 Å². The summed E-state index contributed by atoms with van der Waals surface area (Å²) in [5.74, 6) is 0.395. The van der Waals surface area contributed by atoms with Gasteiger partial charge in [0.1, 0.15) is 10.3 Å². The maximum absolute atomic E-state index is 13.6. The Balaban J connectivity index is 1.48. The third kappa shape index (κ3) is 4.93. The quantitative estimate of drug-likeness (QED) is 0.455. The Bertz CT molecular complexity index is 1540. The molecule has 0 radical (unpaired) electrons. The van der Waals surface area contributed by atoms with Gasteiger partial charge < -0.3 is 14.4 Å². The van der Waals surface area contributed by atoms with E-state index in [1.165, 1.54) is 49.9 Å². The molecular formula is C25H30N6O6S2. The fourth-order valence-corrected chi connectivity index (χ4v) is 7.13. The molecule has 5 rings (SSSR count). The van der Waals surface area contributed by atoms with Crippen molar-refractivity contribution in [1.82, 2.24) is 19.2 Å². The molecule has 1 saturated heterocycles. The number of nitrogens with zero attached hydrogens (tertiary/aromatic N) is 5. The van der Waals surface area contributed by atoms with Gasteiger partial charge in [-0.25, -0.2) is 23.2 Å². The topological polar surface area (TPSA) is 134 Å². The van der Waals surface area contributed by atoms with Crippen molar-refractivity contribution in [3.05, 3.63) is 35.9 Å². The fourth-order valence-electron chi connectivity index (χ4n) is 5.13. The molecule has 1 unspecified atom stereocenters. The van der Waals surface area contributed by atoms with Crippen molar-refractivity contribution < 1.29 is 27.5 Å². The van der Waals surface area contributed by atoms with E-state index >= 15 is 0 Å².